The third kappa shape index (κ3) is 4.63. The predicted octanol–water partition coefficient (Wildman–Crippen LogP) is 7.83. The van der Waals surface area contributed by atoms with Crippen LogP contribution in [0.5, 0.6) is 0 Å². The van der Waals surface area contributed by atoms with Gasteiger partial charge in [-0.05, 0) is 73.8 Å². The molecule has 1 atom stereocenters. The van der Waals surface area contributed by atoms with Crippen LogP contribution in [0.2, 0.25) is 0 Å². The normalized spacial score (nSPS) is 20.9. The number of benzene rings is 1. The van der Waals surface area contributed by atoms with E-state index in [0.29, 0.717) is 0 Å². The average Bonchev–Trinajstić information content (AvgIpc) is 2.72. The van der Waals surface area contributed by atoms with Gasteiger partial charge in [-0.25, -0.2) is 0 Å². The fourth-order valence-corrected chi connectivity index (χ4v) is 3.72. The van der Waals surface area contributed by atoms with Crippen molar-refractivity contribution < 1.29 is 0 Å². The van der Waals surface area contributed by atoms with Crippen molar-refractivity contribution in [3.63, 3.8) is 0 Å². The second-order valence-corrected chi connectivity index (χ2v) is 8.72. The molecule has 28 heavy (non-hydrogen) atoms. The highest BCUT2D eigenvalue weighted by Crippen LogP contribution is 2.39. The summed E-state index contributed by atoms with van der Waals surface area (Å²) in [5.74, 6) is 0. The fourth-order valence-electron chi connectivity index (χ4n) is 3.72. The van der Waals surface area contributed by atoms with E-state index in [1.165, 1.54) is 22.3 Å². The Morgan fingerprint density at radius 3 is 2.46 bits per heavy atom. The highest BCUT2D eigenvalue weighted by molar-refractivity contribution is 6.01. The Hall–Kier alpha value is -2.15. The zero-order valence-electron chi connectivity index (χ0n) is 18.9. The molecule has 1 heteroatoms. The Balaban J connectivity index is 2.63. The first-order valence-electron chi connectivity index (χ1n) is 10.5. The molecule has 1 aliphatic rings. The third-order valence-electron chi connectivity index (χ3n) is 6.63. The van der Waals surface area contributed by atoms with E-state index in [9.17, 15) is 0 Å². The summed E-state index contributed by atoms with van der Waals surface area (Å²) in [6, 6.07) is 7.07. The summed E-state index contributed by atoms with van der Waals surface area (Å²) in [5, 5.41) is 0. The summed E-state index contributed by atoms with van der Waals surface area (Å²) in [7, 11) is 0. The van der Waals surface area contributed by atoms with E-state index < -0.39 is 0 Å². The van der Waals surface area contributed by atoms with Gasteiger partial charge < -0.3 is 0 Å². The minimum atomic E-state index is 0.0365. The Morgan fingerprint density at radius 1 is 1.25 bits per heavy atom. The number of hydrogen-bond acceptors (Lipinski definition) is 1. The Labute approximate surface area is 172 Å². The fraction of sp³-hybridized carbons (Fsp3) is 0.444. The molecule has 1 unspecified atom stereocenters. The van der Waals surface area contributed by atoms with Crippen LogP contribution >= 0.6 is 0 Å². The number of nitrogens with zero attached hydrogens (tertiary/aromatic N) is 1. The lowest BCUT2D eigenvalue weighted by Gasteiger charge is -2.33. The van der Waals surface area contributed by atoms with Crippen molar-refractivity contribution in [1.82, 2.24) is 0 Å². The van der Waals surface area contributed by atoms with Gasteiger partial charge in [0.1, 0.15) is 0 Å². The lowest BCUT2D eigenvalue weighted by Crippen LogP contribution is -2.25. The van der Waals surface area contributed by atoms with Gasteiger partial charge in [-0.15, -0.1) is 0 Å². The van der Waals surface area contributed by atoms with Gasteiger partial charge in [0.05, 0.1) is 0 Å². The van der Waals surface area contributed by atoms with Crippen molar-refractivity contribution in [2.75, 3.05) is 0 Å². The number of rotatable bonds is 7. The quantitative estimate of drug-likeness (QED) is 0.340. The maximum Gasteiger partial charge on any atom is 0.0448 e. The predicted molar refractivity (Wildman–Crippen MR) is 125 cm³/mol. The molecule has 2 rings (SSSR count). The maximum absolute atomic E-state index is 4.78. The molecule has 150 valence electrons. The molecule has 0 radical (unpaired) electrons. The van der Waals surface area contributed by atoms with Crippen molar-refractivity contribution in [1.29, 1.82) is 0 Å². The summed E-state index contributed by atoms with van der Waals surface area (Å²) in [4.78, 5) is 4.78. The van der Waals surface area contributed by atoms with Crippen LogP contribution in [-0.4, -0.2) is 5.71 Å². The summed E-state index contributed by atoms with van der Waals surface area (Å²) >= 11 is 0. The van der Waals surface area contributed by atoms with Crippen LogP contribution in [0, 0.1) is 0 Å². The van der Waals surface area contributed by atoms with Crippen LogP contribution in [0.4, 0.5) is 0 Å². The van der Waals surface area contributed by atoms with Gasteiger partial charge in [0, 0.05) is 17.3 Å². The van der Waals surface area contributed by atoms with E-state index in [1.807, 2.05) is 19.2 Å². The second kappa shape index (κ2) is 8.90. The molecule has 0 aliphatic heterocycles. The van der Waals surface area contributed by atoms with E-state index >= 15 is 0 Å². The summed E-state index contributed by atoms with van der Waals surface area (Å²) in [5.41, 5.74) is 7.73. The van der Waals surface area contributed by atoms with Gasteiger partial charge in [-0.2, -0.15) is 0 Å². The van der Waals surface area contributed by atoms with Gasteiger partial charge in [-0.1, -0.05) is 76.3 Å². The van der Waals surface area contributed by atoms with Gasteiger partial charge in [0.2, 0.25) is 0 Å². The molecule has 0 saturated heterocycles. The van der Waals surface area contributed by atoms with E-state index in [0.717, 1.165) is 30.5 Å². The first-order chi connectivity index (χ1) is 13.2. The SMILES string of the molecule is C=C/C(C)=C\N=C(C)c1cc(C2(C)C=CC(C)=CC2)ccc1C(C)(CC)CC. The standard InChI is InChI=1S/C27H37N/c1-9-20(4)19-28-22(6)24-18-23(27(8)16-14-21(5)15-17-27)12-13-25(24)26(7,10-2)11-3/h9,12-16,18-19H,1,10-11,17H2,2-8H3/b20-19-,28-22?. The van der Waals surface area contributed by atoms with Crippen molar-refractivity contribution in [3.05, 3.63) is 83.1 Å². The smallest absolute Gasteiger partial charge is 0.0448 e. The first-order valence-corrected chi connectivity index (χ1v) is 10.5. The summed E-state index contributed by atoms with van der Waals surface area (Å²) in [6.45, 7) is 19.4. The lowest BCUT2D eigenvalue weighted by molar-refractivity contribution is 0.438. The van der Waals surface area contributed by atoms with Crippen LogP contribution in [-0.2, 0) is 10.8 Å². The summed E-state index contributed by atoms with van der Waals surface area (Å²) in [6.07, 6.45) is 14.0. The Kier molecular flexibility index (Phi) is 7.04. The van der Waals surface area contributed by atoms with Crippen molar-refractivity contribution >= 4 is 5.71 Å². The highest BCUT2D eigenvalue weighted by atomic mass is 14.7. The number of hydrogen-bond donors (Lipinski definition) is 0. The van der Waals surface area contributed by atoms with Crippen LogP contribution in [0.3, 0.4) is 0 Å². The molecule has 0 heterocycles. The molecule has 1 aromatic carbocycles. The maximum atomic E-state index is 4.78. The number of allylic oxidation sites excluding steroid dienone is 6. The molecular weight excluding hydrogens is 338 g/mol. The molecule has 0 saturated carbocycles. The monoisotopic (exact) mass is 375 g/mol. The minimum absolute atomic E-state index is 0.0365. The number of aliphatic imine (C=N–C) groups is 1. The van der Waals surface area contributed by atoms with Gasteiger partial charge in [-0.3, -0.25) is 4.99 Å². The molecule has 1 aliphatic carbocycles. The average molecular weight is 376 g/mol. The Morgan fingerprint density at radius 2 is 1.93 bits per heavy atom. The summed E-state index contributed by atoms with van der Waals surface area (Å²) < 4.78 is 0. The van der Waals surface area contributed by atoms with E-state index in [1.54, 1.807) is 0 Å². The second-order valence-electron chi connectivity index (χ2n) is 8.72. The van der Waals surface area contributed by atoms with E-state index in [-0.39, 0.29) is 10.8 Å². The van der Waals surface area contributed by atoms with Crippen molar-refractivity contribution in [2.24, 2.45) is 4.99 Å². The van der Waals surface area contributed by atoms with Gasteiger partial charge >= 0.3 is 0 Å². The van der Waals surface area contributed by atoms with Gasteiger partial charge in [0.15, 0.2) is 0 Å². The van der Waals surface area contributed by atoms with Crippen LogP contribution in [0.15, 0.2) is 71.4 Å². The minimum Gasteiger partial charge on any atom is -0.261 e. The van der Waals surface area contributed by atoms with Crippen LogP contribution in [0.1, 0.15) is 84.4 Å². The molecule has 1 aromatic rings. The zero-order valence-corrected chi connectivity index (χ0v) is 18.9. The molecular formula is C27H37N. The molecule has 0 fully saturated rings. The molecule has 1 nitrogen and oxygen atoms in total. The molecule has 0 amide bonds. The van der Waals surface area contributed by atoms with Crippen LogP contribution in [0.25, 0.3) is 0 Å². The Bertz CT molecular complexity index is 843. The molecule has 0 N–H and O–H groups in total. The largest absolute Gasteiger partial charge is 0.261 e. The van der Waals surface area contributed by atoms with E-state index in [4.69, 9.17) is 4.99 Å². The molecule has 0 aromatic heterocycles. The zero-order chi connectivity index (χ0) is 20.9. The lowest BCUT2D eigenvalue weighted by atomic mass is 9.71. The van der Waals surface area contributed by atoms with Crippen LogP contribution < -0.4 is 0 Å². The van der Waals surface area contributed by atoms with Gasteiger partial charge in [0.25, 0.3) is 0 Å². The topological polar surface area (TPSA) is 12.4 Å². The highest BCUT2D eigenvalue weighted by Gasteiger charge is 2.29. The molecule has 0 spiro atoms. The third-order valence-corrected chi connectivity index (χ3v) is 6.63. The molecule has 0 bridgehead atoms. The first kappa shape index (κ1) is 22.1. The van der Waals surface area contributed by atoms with Crippen molar-refractivity contribution in [2.45, 2.75) is 78.6 Å². The van der Waals surface area contributed by atoms with Crippen molar-refractivity contribution in [3.8, 4) is 0 Å². The van der Waals surface area contributed by atoms with E-state index in [2.05, 4.69) is 84.5 Å².